The van der Waals surface area contributed by atoms with Gasteiger partial charge in [0.2, 0.25) is 0 Å². The lowest BCUT2D eigenvalue weighted by molar-refractivity contribution is -0.757. The number of unbranched alkanes of at least 4 members (excludes halogenated alkanes) is 1. The van der Waals surface area contributed by atoms with E-state index in [2.05, 4.69) is 4.84 Å². The molecule has 0 saturated heterocycles. The van der Waals surface area contributed by atoms with E-state index in [9.17, 15) is 27.7 Å². The molecule has 1 heterocycles. The highest BCUT2D eigenvalue weighted by Crippen LogP contribution is 2.33. The molecule has 12 heteroatoms. The summed E-state index contributed by atoms with van der Waals surface area (Å²) < 4.78 is 44.3. The zero-order valence-corrected chi connectivity index (χ0v) is 20.5. The first-order valence-corrected chi connectivity index (χ1v) is 12.9. The van der Waals surface area contributed by atoms with Gasteiger partial charge in [0, 0.05) is 23.2 Å². The number of nitrogens with zero attached hydrogens (tertiary/aromatic N) is 2. The Hall–Kier alpha value is -3.77. The van der Waals surface area contributed by atoms with Crippen molar-refractivity contribution in [3.8, 4) is 16.9 Å². The van der Waals surface area contributed by atoms with Crippen molar-refractivity contribution in [1.29, 1.82) is 0 Å². The van der Waals surface area contributed by atoms with Gasteiger partial charge >= 0.3 is 5.97 Å². The number of carbonyl (C=O) groups excluding carboxylic acids is 1. The minimum absolute atomic E-state index is 0.0190. The molecule has 0 bridgehead atoms. The Balaban J connectivity index is 1.90. The second kappa shape index (κ2) is 11.3. The number of hydrogen-bond acceptors (Lipinski definition) is 8. The summed E-state index contributed by atoms with van der Waals surface area (Å²) in [6.07, 6.45) is 1.81. The van der Waals surface area contributed by atoms with Gasteiger partial charge in [0.1, 0.15) is 11.9 Å². The Morgan fingerprint density at radius 1 is 1.11 bits per heavy atom. The summed E-state index contributed by atoms with van der Waals surface area (Å²) in [6.45, 7) is 1.68. The minimum atomic E-state index is -3.39. The van der Waals surface area contributed by atoms with Gasteiger partial charge in [0.25, 0.3) is 5.09 Å². The summed E-state index contributed by atoms with van der Waals surface area (Å²) in [6, 6.07) is 12.6. The van der Waals surface area contributed by atoms with Gasteiger partial charge in [0.15, 0.2) is 9.84 Å². The van der Waals surface area contributed by atoms with Crippen LogP contribution < -0.4 is 5.73 Å². The fourth-order valence-corrected chi connectivity index (χ4v) is 4.31. The molecule has 0 aliphatic carbocycles. The van der Waals surface area contributed by atoms with Crippen LogP contribution in [0.1, 0.15) is 30.1 Å². The molecule has 3 aromatic rings. The lowest BCUT2D eigenvalue weighted by Crippen LogP contribution is -2.24. The monoisotopic (exact) mass is 519 g/mol. The third-order valence-corrected chi connectivity index (χ3v) is 6.65. The predicted octanol–water partition coefficient (Wildman–Crippen LogP) is 3.53. The molecule has 36 heavy (non-hydrogen) atoms. The first-order chi connectivity index (χ1) is 17.0. The van der Waals surface area contributed by atoms with E-state index >= 15 is 0 Å². The molecule has 0 fully saturated rings. The first kappa shape index (κ1) is 26.8. The predicted molar refractivity (Wildman–Crippen MR) is 129 cm³/mol. The van der Waals surface area contributed by atoms with Crippen molar-refractivity contribution in [1.82, 2.24) is 4.57 Å². The Bertz CT molecular complexity index is 1340. The molecule has 1 unspecified atom stereocenters. The molecule has 2 aromatic carbocycles. The Kier molecular flexibility index (Phi) is 8.43. The van der Waals surface area contributed by atoms with Gasteiger partial charge in [-0.25, -0.2) is 17.6 Å². The van der Waals surface area contributed by atoms with Crippen LogP contribution in [0.25, 0.3) is 16.9 Å². The third-order valence-electron chi connectivity index (χ3n) is 5.52. The number of nitrogens with two attached hydrogens (primary N) is 1. The van der Waals surface area contributed by atoms with E-state index < -0.39 is 32.8 Å². The van der Waals surface area contributed by atoms with Crippen molar-refractivity contribution < 1.29 is 32.3 Å². The van der Waals surface area contributed by atoms with Crippen LogP contribution in [0.5, 0.6) is 0 Å². The van der Waals surface area contributed by atoms with Gasteiger partial charge in [-0.3, -0.25) is 0 Å². The van der Waals surface area contributed by atoms with E-state index in [4.69, 9.17) is 10.5 Å². The van der Waals surface area contributed by atoms with Crippen LogP contribution in [0, 0.1) is 22.9 Å². The van der Waals surface area contributed by atoms with Gasteiger partial charge in [-0.05, 0) is 67.8 Å². The normalized spacial score (nSPS) is 12.2. The number of ether oxygens (including phenoxy) is 1. The summed E-state index contributed by atoms with van der Waals surface area (Å²) in [4.78, 5) is 27.2. The largest absolute Gasteiger partial charge is 0.464 e. The van der Waals surface area contributed by atoms with Gasteiger partial charge in [-0.2, -0.15) is 0 Å². The maximum absolute atomic E-state index is 13.6. The van der Waals surface area contributed by atoms with Crippen LogP contribution in [-0.2, 0) is 24.2 Å². The molecular weight excluding hydrogens is 493 g/mol. The highest BCUT2D eigenvalue weighted by atomic mass is 32.2. The van der Waals surface area contributed by atoms with Gasteiger partial charge in [-0.1, -0.05) is 12.1 Å². The summed E-state index contributed by atoms with van der Waals surface area (Å²) in [5.41, 5.74) is 9.21. The highest BCUT2D eigenvalue weighted by molar-refractivity contribution is 7.90. The molecule has 1 aromatic heterocycles. The van der Waals surface area contributed by atoms with Crippen molar-refractivity contribution in [2.24, 2.45) is 5.73 Å². The number of hydrogen-bond donors (Lipinski definition) is 1. The lowest BCUT2D eigenvalue weighted by atomic mass is 10.1. The molecule has 3 rings (SSSR count). The molecule has 10 nitrogen and oxygen atoms in total. The average Bonchev–Trinajstić information content (AvgIpc) is 3.17. The first-order valence-electron chi connectivity index (χ1n) is 11.0. The third kappa shape index (κ3) is 6.46. The molecule has 2 N–H and O–H groups in total. The molecule has 0 saturated carbocycles. The van der Waals surface area contributed by atoms with E-state index in [1.165, 1.54) is 24.3 Å². The summed E-state index contributed by atoms with van der Waals surface area (Å²) in [5, 5.41) is 9.28. The average molecular weight is 520 g/mol. The van der Waals surface area contributed by atoms with Crippen LogP contribution in [0.3, 0.4) is 0 Å². The van der Waals surface area contributed by atoms with Crippen molar-refractivity contribution in [2.75, 3.05) is 19.5 Å². The number of rotatable bonds is 11. The number of carbonyl (C=O) groups is 1. The smallest absolute Gasteiger partial charge is 0.327 e. The Labute approximate surface area is 207 Å². The van der Waals surface area contributed by atoms with Crippen LogP contribution in [0.2, 0.25) is 0 Å². The topological polar surface area (TPSA) is 144 Å². The SMILES string of the molecule is Cc1c(C(N)C(=O)OCCCCO[N+](=O)[O-])cc(-c2ccc(S(C)(=O)=O)cc2)n1-c1ccc(F)cc1. The van der Waals surface area contributed by atoms with Gasteiger partial charge in [0.05, 0.1) is 23.8 Å². The van der Waals surface area contributed by atoms with Crippen molar-refractivity contribution in [3.63, 3.8) is 0 Å². The quantitative estimate of drug-likeness (QED) is 0.175. The van der Waals surface area contributed by atoms with Crippen LogP contribution in [-0.4, -0.2) is 43.5 Å². The molecular formula is C24H26FN3O7S. The summed E-state index contributed by atoms with van der Waals surface area (Å²) >= 11 is 0. The van der Waals surface area contributed by atoms with E-state index in [1.807, 2.05) is 0 Å². The van der Waals surface area contributed by atoms with Crippen LogP contribution in [0.4, 0.5) is 4.39 Å². The molecule has 192 valence electrons. The zero-order valence-electron chi connectivity index (χ0n) is 19.7. The van der Waals surface area contributed by atoms with Crippen LogP contribution >= 0.6 is 0 Å². The molecule has 0 amide bonds. The second-order valence-electron chi connectivity index (χ2n) is 8.09. The molecule has 0 spiro atoms. The number of halogens is 1. The van der Waals surface area contributed by atoms with Gasteiger partial charge in [-0.15, -0.1) is 10.1 Å². The molecule has 0 aliphatic rings. The van der Waals surface area contributed by atoms with Crippen LogP contribution in [0.15, 0.2) is 59.5 Å². The molecule has 1 atom stereocenters. The summed E-state index contributed by atoms with van der Waals surface area (Å²) in [7, 11) is -3.39. The minimum Gasteiger partial charge on any atom is -0.464 e. The second-order valence-corrected chi connectivity index (χ2v) is 10.1. The maximum atomic E-state index is 13.6. The zero-order chi connectivity index (χ0) is 26.5. The number of sulfone groups is 1. The lowest BCUT2D eigenvalue weighted by Gasteiger charge is -2.14. The highest BCUT2D eigenvalue weighted by Gasteiger charge is 2.25. The van der Waals surface area contributed by atoms with Crippen molar-refractivity contribution in [3.05, 3.63) is 81.8 Å². The number of benzene rings is 2. The van der Waals surface area contributed by atoms with Crippen molar-refractivity contribution in [2.45, 2.75) is 30.7 Å². The van der Waals surface area contributed by atoms with E-state index in [-0.39, 0.29) is 18.1 Å². The van der Waals surface area contributed by atoms with E-state index in [0.717, 1.165) is 6.26 Å². The van der Waals surface area contributed by atoms with Gasteiger partial charge < -0.3 is 19.9 Å². The van der Waals surface area contributed by atoms with Crippen molar-refractivity contribution >= 4 is 15.8 Å². The Morgan fingerprint density at radius 3 is 2.31 bits per heavy atom. The molecule has 0 aliphatic heterocycles. The fraction of sp³-hybridized carbons (Fsp3) is 0.292. The fourth-order valence-electron chi connectivity index (χ4n) is 3.68. The summed E-state index contributed by atoms with van der Waals surface area (Å²) in [5.74, 6) is -1.09. The number of aromatic nitrogens is 1. The maximum Gasteiger partial charge on any atom is 0.327 e. The van der Waals surface area contributed by atoms with E-state index in [0.29, 0.717) is 41.0 Å². The number of esters is 1. The standard InChI is InChI=1S/C24H26FN3O7S/c1-16-21(23(26)24(29)34-13-3-4-14-35-28(30)31)15-22(27(16)19-9-7-18(25)8-10-19)17-5-11-20(12-6-17)36(2,32)33/h5-12,15,23H,3-4,13-14,26H2,1-2H3. The Morgan fingerprint density at radius 2 is 1.72 bits per heavy atom. The molecule has 0 radical (unpaired) electrons. The van der Waals surface area contributed by atoms with E-state index in [1.54, 1.807) is 41.8 Å².